The van der Waals surface area contributed by atoms with Crippen LogP contribution in [0, 0.1) is 0 Å². The summed E-state index contributed by atoms with van der Waals surface area (Å²) in [5, 5.41) is 25.0. The van der Waals surface area contributed by atoms with Gasteiger partial charge in [0.15, 0.2) is 23.4 Å². The lowest BCUT2D eigenvalue weighted by Crippen LogP contribution is -2.76. The van der Waals surface area contributed by atoms with Crippen LogP contribution in [0.15, 0.2) is 12.1 Å². The number of phenols is 1. The summed E-state index contributed by atoms with van der Waals surface area (Å²) < 4.78 is 5.90. The van der Waals surface area contributed by atoms with Gasteiger partial charge in [0.25, 0.3) is 0 Å². The minimum atomic E-state index is -0.962. The highest BCUT2D eigenvalue weighted by atomic mass is 16.5. The van der Waals surface area contributed by atoms with Crippen LogP contribution in [-0.4, -0.2) is 40.3 Å². The van der Waals surface area contributed by atoms with Crippen LogP contribution in [0.2, 0.25) is 0 Å². The third-order valence-electron chi connectivity index (χ3n) is 6.08. The van der Waals surface area contributed by atoms with Crippen LogP contribution in [0.3, 0.4) is 0 Å². The van der Waals surface area contributed by atoms with Crippen molar-refractivity contribution in [1.29, 1.82) is 0 Å². The summed E-state index contributed by atoms with van der Waals surface area (Å²) in [6.45, 7) is 0.759. The molecule has 2 heterocycles. The fraction of sp³-hybridized carbons (Fsp3) is 0.562. The maximum absolute atomic E-state index is 12.4. The maximum Gasteiger partial charge on any atom is 0.174 e. The zero-order valence-electron chi connectivity index (χ0n) is 11.6. The molecular weight excluding hydrogens is 270 g/mol. The Morgan fingerprint density at radius 2 is 2.19 bits per heavy atom. The minimum Gasteiger partial charge on any atom is -0.504 e. The van der Waals surface area contributed by atoms with E-state index in [1.165, 1.54) is 0 Å². The molecule has 1 spiro atoms. The molecule has 4 aliphatic rings. The van der Waals surface area contributed by atoms with Gasteiger partial charge in [0.1, 0.15) is 0 Å². The van der Waals surface area contributed by atoms with Gasteiger partial charge in [0.2, 0.25) is 0 Å². The smallest absolute Gasteiger partial charge is 0.174 e. The number of Topliss-reactive ketones (excluding diaryl/α,β-unsaturated/α-hetero) is 1. The van der Waals surface area contributed by atoms with Gasteiger partial charge in [-0.2, -0.15) is 0 Å². The molecule has 0 amide bonds. The molecule has 2 bridgehead atoms. The molecule has 1 unspecified atom stereocenters. The fourth-order valence-corrected chi connectivity index (χ4v) is 5.22. The lowest BCUT2D eigenvalue weighted by Gasteiger charge is -2.59. The van der Waals surface area contributed by atoms with E-state index in [1.54, 1.807) is 6.07 Å². The number of ether oxygens (including phenoxy) is 1. The van der Waals surface area contributed by atoms with Crippen molar-refractivity contribution in [2.24, 2.45) is 0 Å². The van der Waals surface area contributed by atoms with Crippen molar-refractivity contribution >= 4 is 5.78 Å². The number of carbonyl (C=O) groups is 1. The molecule has 1 saturated heterocycles. The summed E-state index contributed by atoms with van der Waals surface area (Å²) in [5.74, 6) is 0.542. The van der Waals surface area contributed by atoms with Gasteiger partial charge >= 0.3 is 0 Å². The van der Waals surface area contributed by atoms with Crippen LogP contribution in [-0.2, 0) is 16.6 Å². The molecule has 2 fully saturated rings. The lowest BCUT2D eigenvalue weighted by molar-refractivity contribution is -0.166. The van der Waals surface area contributed by atoms with Gasteiger partial charge < -0.3 is 20.3 Å². The number of phenolic OH excluding ortho intramolecular Hbond substituents is 1. The first-order chi connectivity index (χ1) is 10.1. The summed E-state index contributed by atoms with van der Waals surface area (Å²) >= 11 is 0. The lowest BCUT2D eigenvalue weighted by atomic mass is 9.49. The van der Waals surface area contributed by atoms with Crippen LogP contribution < -0.4 is 10.1 Å². The number of benzene rings is 1. The van der Waals surface area contributed by atoms with Crippen molar-refractivity contribution in [3.8, 4) is 11.5 Å². The number of carbonyl (C=O) groups excluding carboxylic acids is 1. The maximum atomic E-state index is 12.4. The molecule has 5 rings (SSSR count). The number of nitrogens with one attached hydrogen (secondary N) is 1. The number of ketones is 1. The van der Waals surface area contributed by atoms with E-state index in [-0.39, 0.29) is 17.6 Å². The molecule has 21 heavy (non-hydrogen) atoms. The monoisotopic (exact) mass is 287 g/mol. The van der Waals surface area contributed by atoms with E-state index in [2.05, 4.69) is 5.32 Å². The largest absolute Gasteiger partial charge is 0.504 e. The van der Waals surface area contributed by atoms with Gasteiger partial charge in [-0.3, -0.25) is 4.79 Å². The summed E-state index contributed by atoms with van der Waals surface area (Å²) in [6, 6.07) is 3.49. The number of aliphatic hydroxyl groups is 1. The number of piperidine rings is 1. The van der Waals surface area contributed by atoms with Gasteiger partial charge in [-0.05, 0) is 37.4 Å². The second-order valence-electron chi connectivity index (χ2n) is 6.77. The Balaban J connectivity index is 1.89. The second kappa shape index (κ2) is 3.42. The second-order valence-corrected chi connectivity index (χ2v) is 6.77. The standard InChI is InChI=1S/C16H17NO4/c18-9-2-1-8-7-11-16(20)4-3-10(19)14-15(16,5-6-17-11)12(8)13(9)21-14/h1-2,11,14,17-18,20H,3-7H2/t11-,14?,15+,16-/m0/s1. The Kier molecular flexibility index (Phi) is 1.95. The number of hydrogen-bond acceptors (Lipinski definition) is 5. The van der Waals surface area contributed by atoms with Gasteiger partial charge in [-0.15, -0.1) is 0 Å². The molecule has 4 atom stereocenters. The Morgan fingerprint density at radius 1 is 1.33 bits per heavy atom. The molecule has 2 aliphatic carbocycles. The highest BCUT2D eigenvalue weighted by Gasteiger charge is 2.71. The Bertz CT molecular complexity index is 687. The molecule has 1 saturated carbocycles. The average molecular weight is 287 g/mol. The predicted molar refractivity (Wildman–Crippen MR) is 73.5 cm³/mol. The van der Waals surface area contributed by atoms with Crippen molar-refractivity contribution in [3.63, 3.8) is 0 Å². The van der Waals surface area contributed by atoms with E-state index in [0.717, 1.165) is 17.7 Å². The number of rotatable bonds is 0. The summed E-state index contributed by atoms with van der Waals surface area (Å²) in [5.41, 5.74) is 0.332. The predicted octanol–water partition coefficient (Wildman–Crippen LogP) is 0.403. The third-order valence-corrected chi connectivity index (χ3v) is 6.08. The van der Waals surface area contributed by atoms with Crippen LogP contribution in [0.1, 0.15) is 30.4 Å². The first kappa shape index (κ1) is 12.0. The summed E-state index contributed by atoms with van der Waals surface area (Å²) in [7, 11) is 0. The van der Waals surface area contributed by atoms with Crippen molar-refractivity contribution in [2.75, 3.05) is 6.54 Å². The van der Waals surface area contributed by atoms with Crippen LogP contribution in [0.4, 0.5) is 0 Å². The molecule has 5 nitrogen and oxygen atoms in total. The first-order valence-electron chi connectivity index (χ1n) is 7.58. The fourth-order valence-electron chi connectivity index (χ4n) is 5.22. The summed E-state index contributed by atoms with van der Waals surface area (Å²) in [4.78, 5) is 12.4. The van der Waals surface area contributed by atoms with Crippen LogP contribution >= 0.6 is 0 Å². The SMILES string of the molecule is O=C1CC[C@]2(O)[C@@H]3Cc4ccc(O)c5c4[C@]2(CCN3)C1O5. The Hall–Kier alpha value is -1.59. The van der Waals surface area contributed by atoms with E-state index in [1.807, 2.05) is 6.07 Å². The van der Waals surface area contributed by atoms with Crippen molar-refractivity contribution in [3.05, 3.63) is 23.3 Å². The Labute approximate surface area is 121 Å². The molecule has 2 aliphatic heterocycles. The molecular formula is C16H17NO4. The molecule has 1 aromatic rings. The van der Waals surface area contributed by atoms with Gasteiger partial charge in [0.05, 0.1) is 11.0 Å². The molecule has 5 heteroatoms. The zero-order valence-corrected chi connectivity index (χ0v) is 11.6. The highest BCUT2D eigenvalue weighted by molar-refractivity contribution is 5.90. The van der Waals surface area contributed by atoms with Gasteiger partial charge in [-0.25, -0.2) is 0 Å². The quantitative estimate of drug-likeness (QED) is 0.644. The van der Waals surface area contributed by atoms with Gasteiger partial charge in [-0.1, -0.05) is 6.07 Å². The van der Waals surface area contributed by atoms with E-state index >= 15 is 0 Å². The van der Waals surface area contributed by atoms with Crippen LogP contribution in [0.25, 0.3) is 0 Å². The number of aromatic hydroxyl groups is 1. The normalized spacial score (nSPS) is 42.4. The average Bonchev–Trinajstić information content (AvgIpc) is 2.80. The van der Waals surface area contributed by atoms with E-state index in [9.17, 15) is 15.0 Å². The number of hydrogen-bond donors (Lipinski definition) is 3. The molecule has 0 radical (unpaired) electrons. The molecule has 1 aromatic carbocycles. The van der Waals surface area contributed by atoms with Crippen molar-refractivity contribution < 1.29 is 19.7 Å². The Morgan fingerprint density at radius 3 is 3.05 bits per heavy atom. The van der Waals surface area contributed by atoms with E-state index in [4.69, 9.17) is 4.74 Å². The summed E-state index contributed by atoms with van der Waals surface area (Å²) in [6.07, 6.45) is 1.54. The third kappa shape index (κ3) is 1.09. The first-order valence-corrected chi connectivity index (χ1v) is 7.58. The van der Waals surface area contributed by atoms with E-state index in [0.29, 0.717) is 31.4 Å². The molecule has 110 valence electrons. The highest BCUT2D eigenvalue weighted by Crippen LogP contribution is 2.63. The van der Waals surface area contributed by atoms with Gasteiger partial charge in [0, 0.05) is 18.0 Å². The van der Waals surface area contributed by atoms with Crippen molar-refractivity contribution in [2.45, 2.75) is 48.8 Å². The molecule has 0 aromatic heterocycles. The zero-order chi connectivity index (χ0) is 14.4. The van der Waals surface area contributed by atoms with Crippen molar-refractivity contribution in [1.82, 2.24) is 5.32 Å². The molecule has 3 N–H and O–H groups in total. The van der Waals surface area contributed by atoms with Crippen LogP contribution in [0.5, 0.6) is 11.5 Å². The van der Waals surface area contributed by atoms with E-state index < -0.39 is 17.1 Å². The topological polar surface area (TPSA) is 78.8 Å². The minimum absolute atomic E-state index is 0.0452.